The molecule has 184 valence electrons. The molecule has 8 heteroatoms. The fourth-order valence-electron chi connectivity index (χ4n) is 5.83. The van der Waals surface area contributed by atoms with Gasteiger partial charge in [0.2, 0.25) is 0 Å². The van der Waals surface area contributed by atoms with Crippen molar-refractivity contribution in [3.05, 3.63) is 82.1 Å². The number of aryl methyl sites for hydroxylation is 1. The van der Waals surface area contributed by atoms with Crippen LogP contribution >= 0.6 is 0 Å². The van der Waals surface area contributed by atoms with Crippen molar-refractivity contribution in [1.29, 1.82) is 0 Å². The Balaban J connectivity index is 1.47. The Morgan fingerprint density at radius 2 is 1.71 bits per heavy atom. The number of carbonyl (C=O) groups is 2. The normalized spacial score (nSPS) is 24.3. The third-order valence-corrected chi connectivity index (χ3v) is 7.64. The quantitative estimate of drug-likeness (QED) is 0.628. The van der Waals surface area contributed by atoms with Crippen LogP contribution in [0, 0.1) is 0 Å². The van der Waals surface area contributed by atoms with Gasteiger partial charge in [0.15, 0.2) is 5.76 Å². The maximum Gasteiger partial charge on any atom is 0.416 e. The van der Waals surface area contributed by atoms with Crippen molar-refractivity contribution in [1.82, 2.24) is 10.2 Å². The maximum absolute atomic E-state index is 13.7. The molecular weight excluding hydrogens is 457 g/mol. The van der Waals surface area contributed by atoms with E-state index in [9.17, 15) is 27.9 Å². The molecule has 0 unspecified atom stereocenters. The number of carbonyl (C=O) groups excluding carboxylic acids is 2. The number of alkyl halides is 3. The van der Waals surface area contributed by atoms with Crippen LogP contribution in [0.4, 0.5) is 13.2 Å². The van der Waals surface area contributed by atoms with E-state index in [0.29, 0.717) is 37.2 Å². The van der Waals surface area contributed by atoms with Crippen molar-refractivity contribution in [3.63, 3.8) is 0 Å². The summed E-state index contributed by atoms with van der Waals surface area (Å²) in [5.41, 5.74) is 1.81. The molecule has 1 aliphatic heterocycles. The Morgan fingerprint density at radius 1 is 1.00 bits per heavy atom. The number of aliphatic hydroxyl groups excluding tert-OH is 1. The van der Waals surface area contributed by atoms with Gasteiger partial charge in [0.05, 0.1) is 23.7 Å². The van der Waals surface area contributed by atoms with E-state index in [1.807, 2.05) is 18.2 Å². The third kappa shape index (κ3) is 4.42. The minimum atomic E-state index is -4.48. The highest BCUT2D eigenvalue weighted by molar-refractivity contribution is 6.07. The fourth-order valence-corrected chi connectivity index (χ4v) is 5.83. The van der Waals surface area contributed by atoms with Gasteiger partial charge in [-0.2, -0.15) is 13.2 Å². The minimum absolute atomic E-state index is 0.0133. The molecule has 5 nitrogen and oxygen atoms in total. The number of fused-ring (bicyclic) bond motifs is 1. The highest BCUT2D eigenvalue weighted by atomic mass is 19.4. The van der Waals surface area contributed by atoms with E-state index in [1.165, 1.54) is 11.6 Å². The molecule has 0 radical (unpaired) electrons. The van der Waals surface area contributed by atoms with Crippen LogP contribution in [0.3, 0.4) is 0 Å². The van der Waals surface area contributed by atoms with Crippen LogP contribution in [0.1, 0.15) is 66.3 Å². The Hall–Kier alpha value is -3.29. The van der Waals surface area contributed by atoms with Crippen LogP contribution in [0.15, 0.2) is 59.9 Å². The Morgan fingerprint density at radius 3 is 2.34 bits per heavy atom. The Kier molecular flexibility index (Phi) is 6.07. The standard InChI is InChI=1S/C27H27F3N2O3/c28-27(29,30)19-10-6-18-9-13-23(21(18)14-19)32(26(35)22-15-31-25(34)24(22)33)20-11-7-17(8-12-20)16-4-2-1-3-5-16/h1-6,10,14,17,20,23,33H,7-9,11-13,15H2,(H,31,34)/t17?,20?,23-/m0/s1. The van der Waals surface area contributed by atoms with Gasteiger partial charge in [0.1, 0.15) is 0 Å². The molecule has 0 bridgehead atoms. The summed E-state index contributed by atoms with van der Waals surface area (Å²) < 4.78 is 40.4. The molecule has 1 atom stereocenters. The van der Waals surface area contributed by atoms with Gasteiger partial charge in [0.25, 0.3) is 11.8 Å². The van der Waals surface area contributed by atoms with Crippen molar-refractivity contribution in [2.75, 3.05) is 6.54 Å². The average molecular weight is 485 g/mol. The topological polar surface area (TPSA) is 69.6 Å². The number of hydrogen-bond donors (Lipinski definition) is 2. The SMILES string of the molecule is O=C1NCC(C(=O)N(C2CCC(c3ccccc3)CC2)[C@H]2CCc3ccc(C(F)(F)F)cc32)=C1O. The zero-order valence-electron chi connectivity index (χ0n) is 19.1. The summed E-state index contributed by atoms with van der Waals surface area (Å²) in [6, 6.07) is 13.2. The van der Waals surface area contributed by atoms with Gasteiger partial charge in [-0.3, -0.25) is 9.59 Å². The number of nitrogens with one attached hydrogen (secondary N) is 1. The largest absolute Gasteiger partial charge is 0.503 e. The third-order valence-electron chi connectivity index (χ3n) is 7.64. The predicted octanol–water partition coefficient (Wildman–Crippen LogP) is 5.19. The molecule has 2 aliphatic carbocycles. The number of hydrogen-bond acceptors (Lipinski definition) is 3. The van der Waals surface area contributed by atoms with Gasteiger partial charge in [-0.15, -0.1) is 0 Å². The molecule has 0 spiro atoms. The van der Waals surface area contributed by atoms with Crippen molar-refractivity contribution in [2.45, 2.75) is 62.7 Å². The molecule has 2 amide bonds. The van der Waals surface area contributed by atoms with Gasteiger partial charge in [-0.25, -0.2) is 0 Å². The first-order valence-electron chi connectivity index (χ1n) is 12.0. The van der Waals surface area contributed by atoms with Gasteiger partial charge in [-0.05, 0) is 73.3 Å². The fraction of sp³-hybridized carbons (Fsp3) is 0.407. The van der Waals surface area contributed by atoms with E-state index < -0.39 is 35.4 Å². The summed E-state index contributed by atoms with van der Waals surface area (Å²) in [5, 5.41) is 12.7. The molecule has 2 aromatic carbocycles. The lowest BCUT2D eigenvalue weighted by atomic mass is 9.80. The summed E-state index contributed by atoms with van der Waals surface area (Å²) in [7, 11) is 0. The van der Waals surface area contributed by atoms with Crippen LogP contribution < -0.4 is 5.32 Å². The first kappa shape index (κ1) is 23.5. The molecule has 0 saturated heterocycles. The van der Waals surface area contributed by atoms with Crippen LogP contribution in [0.25, 0.3) is 0 Å². The number of rotatable bonds is 4. The number of amides is 2. The molecule has 1 saturated carbocycles. The molecule has 1 fully saturated rings. The second kappa shape index (κ2) is 9.06. The van der Waals surface area contributed by atoms with Gasteiger partial charge in [0, 0.05) is 6.04 Å². The van der Waals surface area contributed by atoms with Crippen molar-refractivity contribution in [3.8, 4) is 0 Å². The molecule has 0 aromatic heterocycles. The lowest BCUT2D eigenvalue weighted by Gasteiger charge is -2.41. The molecule has 1 heterocycles. The molecule has 2 N–H and O–H groups in total. The maximum atomic E-state index is 13.7. The van der Waals surface area contributed by atoms with Crippen molar-refractivity contribution in [2.24, 2.45) is 0 Å². The smallest absolute Gasteiger partial charge is 0.416 e. The lowest BCUT2D eigenvalue weighted by Crippen LogP contribution is -2.45. The van der Waals surface area contributed by atoms with E-state index in [-0.39, 0.29) is 18.2 Å². The summed E-state index contributed by atoms with van der Waals surface area (Å²) in [5.74, 6) is -1.41. The van der Waals surface area contributed by atoms with E-state index in [0.717, 1.165) is 30.5 Å². The second-order valence-corrected chi connectivity index (χ2v) is 9.60. The van der Waals surface area contributed by atoms with E-state index in [1.54, 1.807) is 4.90 Å². The summed E-state index contributed by atoms with van der Waals surface area (Å²) in [6.45, 7) is -0.0818. The second-order valence-electron chi connectivity index (χ2n) is 9.60. The average Bonchev–Trinajstić information content (AvgIpc) is 3.42. The van der Waals surface area contributed by atoms with Crippen LogP contribution in [-0.4, -0.2) is 34.4 Å². The number of benzene rings is 2. The first-order chi connectivity index (χ1) is 16.7. The Bertz CT molecular complexity index is 1170. The minimum Gasteiger partial charge on any atom is -0.503 e. The van der Waals surface area contributed by atoms with Crippen LogP contribution in [0.5, 0.6) is 0 Å². The Labute approximate surface area is 201 Å². The molecule has 5 rings (SSSR count). The highest BCUT2D eigenvalue weighted by Crippen LogP contribution is 2.44. The lowest BCUT2D eigenvalue weighted by molar-refractivity contribution is -0.137. The summed E-state index contributed by atoms with van der Waals surface area (Å²) in [4.78, 5) is 27.2. The number of halogens is 3. The van der Waals surface area contributed by atoms with Crippen LogP contribution in [0.2, 0.25) is 0 Å². The number of nitrogens with zero attached hydrogens (tertiary/aromatic N) is 1. The van der Waals surface area contributed by atoms with Gasteiger partial charge in [-0.1, -0.05) is 36.4 Å². The van der Waals surface area contributed by atoms with Crippen molar-refractivity contribution >= 4 is 11.8 Å². The van der Waals surface area contributed by atoms with E-state index >= 15 is 0 Å². The monoisotopic (exact) mass is 484 g/mol. The first-order valence-corrected chi connectivity index (χ1v) is 12.0. The summed E-state index contributed by atoms with van der Waals surface area (Å²) in [6.07, 6.45) is -0.296. The van der Waals surface area contributed by atoms with E-state index in [2.05, 4.69) is 17.4 Å². The van der Waals surface area contributed by atoms with Crippen LogP contribution in [-0.2, 0) is 22.2 Å². The predicted molar refractivity (Wildman–Crippen MR) is 123 cm³/mol. The zero-order chi connectivity index (χ0) is 24.7. The van der Waals surface area contributed by atoms with Gasteiger partial charge < -0.3 is 15.3 Å². The molecule has 3 aliphatic rings. The van der Waals surface area contributed by atoms with Crippen molar-refractivity contribution < 1.29 is 27.9 Å². The highest BCUT2D eigenvalue weighted by Gasteiger charge is 2.42. The van der Waals surface area contributed by atoms with Gasteiger partial charge >= 0.3 is 6.18 Å². The molecule has 35 heavy (non-hydrogen) atoms. The van der Waals surface area contributed by atoms with E-state index in [4.69, 9.17) is 0 Å². The summed E-state index contributed by atoms with van der Waals surface area (Å²) >= 11 is 0. The number of aliphatic hydroxyl groups is 1. The molecular formula is C27H27F3N2O3. The molecule has 2 aromatic rings. The zero-order valence-corrected chi connectivity index (χ0v) is 19.1.